The van der Waals surface area contributed by atoms with Gasteiger partial charge < -0.3 is 10.1 Å². The normalized spacial score (nSPS) is 16.6. The molecule has 1 saturated heterocycles. The lowest BCUT2D eigenvalue weighted by Crippen LogP contribution is -2.25. The highest BCUT2D eigenvalue weighted by molar-refractivity contribution is 5.62. The quantitative estimate of drug-likeness (QED) is 0.661. The van der Waals surface area contributed by atoms with Crippen molar-refractivity contribution >= 4 is 11.4 Å². The number of nitrogens with zero attached hydrogens (tertiary/aromatic N) is 2. The Morgan fingerprint density at radius 2 is 2.25 bits per heavy atom. The Labute approximate surface area is 118 Å². The molecule has 1 aliphatic rings. The van der Waals surface area contributed by atoms with Crippen LogP contribution in [0.5, 0.6) is 0 Å². The molecule has 1 fully saturated rings. The summed E-state index contributed by atoms with van der Waals surface area (Å²) in [6.45, 7) is 6.90. The first-order valence-electron chi connectivity index (χ1n) is 7.02. The first kappa shape index (κ1) is 14.7. The first-order valence-corrected chi connectivity index (χ1v) is 7.02. The van der Waals surface area contributed by atoms with Crippen molar-refractivity contribution in [1.82, 2.24) is 4.90 Å². The summed E-state index contributed by atoms with van der Waals surface area (Å²) in [5, 5.41) is 14.0. The van der Waals surface area contributed by atoms with Crippen molar-refractivity contribution in [2.24, 2.45) is 0 Å². The van der Waals surface area contributed by atoms with Crippen LogP contribution in [-0.2, 0) is 11.3 Å². The van der Waals surface area contributed by atoms with Crippen molar-refractivity contribution in [3.63, 3.8) is 0 Å². The molecule has 0 bridgehead atoms. The van der Waals surface area contributed by atoms with Crippen molar-refractivity contribution < 1.29 is 9.66 Å². The molecule has 6 heteroatoms. The molecule has 1 aromatic carbocycles. The Hall–Kier alpha value is -1.66. The molecule has 0 amide bonds. The fourth-order valence-electron chi connectivity index (χ4n) is 2.39. The van der Waals surface area contributed by atoms with E-state index in [4.69, 9.17) is 4.74 Å². The van der Waals surface area contributed by atoms with Crippen LogP contribution in [0.2, 0.25) is 0 Å². The number of nitrogens with one attached hydrogen (secondary N) is 1. The van der Waals surface area contributed by atoms with E-state index in [0.717, 1.165) is 44.8 Å². The van der Waals surface area contributed by atoms with Gasteiger partial charge in [-0.05, 0) is 25.0 Å². The summed E-state index contributed by atoms with van der Waals surface area (Å²) in [6.07, 6.45) is 1.03. The number of hydrogen-bond donors (Lipinski definition) is 1. The molecule has 0 aliphatic carbocycles. The van der Waals surface area contributed by atoms with Crippen LogP contribution in [0, 0.1) is 10.1 Å². The van der Waals surface area contributed by atoms with Crippen LogP contribution in [0.15, 0.2) is 18.2 Å². The Morgan fingerprint density at radius 3 is 3.00 bits per heavy atom. The van der Waals surface area contributed by atoms with Gasteiger partial charge in [0.2, 0.25) is 0 Å². The highest BCUT2D eigenvalue weighted by Gasteiger charge is 2.15. The molecule has 0 aromatic heterocycles. The maximum Gasteiger partial charge on any atom is 0.292 e. The SMILES string of the molecule is CCNc1cc(CN2CCCOCC2)ccc1[N+](=O)[O-]. The van der Waals surface area contributed by atoms with E-state index in [-0.39, 0.29) is 10.6 Å². The number of anilines is 1. The second-order valence-electron chi connectivity index (χ2n) is 4.88. The van der Waals surface area contributed by atoms with Crippen molar-refractivity contribution in [3.05, 3.63) is 33.9 Å². The molecule has 1 heterocycles. The third-order valence-corrected chi connectivity index (χ3v) is 3.35. The molecule has 110 valence electrons. The molecule has 1 aliphatic heterocycles. The van der Waals surface area contributed by atoms with Crippen LogP contribution < -0.4 is 5.32 Å². The number of nitro benzene ring substituents is 1. The number of hydrogen-bond acceptors (Lipinski definition) is 5. The van der Waals surface area contributed by atoms with E-state index in [1.54, 1.807) is 6.07 Å². The van der Waals surface area contributed by atoms with Gasteiger partial charge in [0, 0.05) is 38.9 Å². The predicted molar refractivity (Wildman–Crippen MR) is 78.0 cm³/mol. The molecule has 0 atom stereocenters. The van der Waals surface area contributed by atoms with E-state index in [1.807, 2.05) is 19.1 Å². The first-order chi connectivity index (χ1) is 9.70. The fraction of sp³-hybridized carbons (Fsp3) is 0.571. The van der Waals surface area contributed by atoms with E-state index in [1.165, 1.54) is 0 Å². The minimum atomic E-state index is -0.346. The zero-order valence-corrected chi connectivity index (χ0v) is 11.8. The topological polar surface area (TPSA) is 67.6 Å². The van der Waals surface area contributed by atoms with Gasteiger partial charge in [0.25, 0.3) is 5.69 Å². The molecule has 1 aromatic rings. The highest BCUT2D eigenvalue weighted by Crippen LogP contribution is 2.26. The number of ether oxygens (including phenoxy) is 1. The van der Waals surface area contributed by atoms with E-state index < -0.39 is 0 Å². The van der Waals surface area contributed by atoms with Gasteiger partial charge in [0.15, 0.2) is 0 Å². The van der Waals surface area contributed by atoms with Gasteiger partial charge in [-0.15, -0.1) is 0 Å². The Bertz CT molecular complexity index is 457. The number of nitro groups is 1. The number of rotatable bonds is 5. The lowest BCUT2D eigenvalue weighted by atomic mass is 10.1. The molecule has 20 heavy (non-hydrogen) atoms. The maximum absolute atomic E-state index is 11.0. The van der Waals surface area contributed by atoms with E-state index in [2.05, 4.69) is 10.2 Å². The Morgan fingerprint density at radius 1 is 1.40 bits per heavy atom. The molecule has 0 saturated carbocycles. The van der Waals surface area contributed by atoms with Gasteiger partial charge in [-0.2, -0.15) is 0 Å². The lowest BCUT2D eigenvalue weighted by molar-refractivity contribution is -0.384. The number of benzene rings is 1. The summed E-state index contributed by atoms with van der Waals surface area (Å²) in [7, 11) is 0. The summed E-state index contributed by atoms with van der Waals surface area (Å²) in [6, 6.07) is 5.31. The van der Waals surface area contributed by atoms with Crippen LogP contribution in [0.4, 0.5) is 11.4 Å². The van der Waals surface area contributed by atoms with E-state index in [0.29, 0.717) is 12.2 Å². The molecule has 2 rings (SSSR count). The van der Waals surface area contributed by atoms with Gasteiger partial charge in [-0.25, -0.2) is 0 Å². The standard InChI is InChI=1S/C14H21N3O3/c1-2-15-13-10-12(4-5-14(13)17(18)19)11-16-6-3-8-20-9-7-16/h4-5,10,15H,2-3,6-9,11H2,1H3. The second kappa shape index (κ2) is 7.21. The minimum Gasteiger partial charge on any atom is -0.380 e. The smallest absolute Gasteiger partial charge is 0.292 e. The molecule has 0 unspecified atom stereocenters. The Balaban J connectivity index is 2.11. The van der Waals surface area contributed by atoms with Crippen molar-refractivity contribution in [3.8, 4) is 0 Å². The Kier molecular flexibility index (Phi) is 5.31. The van der Waals surface area contributed by atoms with Crippen LogP contribution in [0.3, 0.4) is 0 Å². The van der Waals surface area contributed by atoms with E-state index in [9.17, 15) is 10.1 Å². The van der Waals surface area contributed by atoms with Crippen LogP contribution in [-0.4, -0.2) is 42.7 Å². The zero-order valence-electron chi connectivity index (χ0n) is 11.8. The fourth-order valence-corrected chi connectivity index (χ4v) is 2.39. The van der Waals surface area contributed by atoms with Gasteiger partial charge in [0.05, 0.1) is 11.5 Å². The second-order valence-corrected chi connectivity index (χ2v) is 4.88. The van der Waals surface area contributed by atoms with Gasteiger partial charge in [-0.1, -0.05) is 6.07 Å². The third-order valence-electron chi connectivity index (χ3n) is 3.35. The summed E-state index contributed by atoms with van der Waals surface area (Å²) >= 11 is 0. The monoisotopic (exact) mass is 279 g/mol. The van der Waals surface area contributed by atoms with Crippen LogP contribution in [0.1, 0.15) is 18.9 Å². The average Bonchev–Trinajstić information content (AvgIpc) is 2.68. The third kappa shape index (κ3) is 3.91. The summed E-state index contributed by atoms with van der Waals surface area (Å²) < 4.78 is 5.43. The van der Waals surface area contributed by atoms with Gasteiger partial charge in [-0.3, -0.25) is 15.0 Å². The van der Waals surface area contributed by atoms with Crippen molar-refractivity contribution in [2.75, 3.05) is 38.2 Å². The molecule has 0 spiro atoms. The molecule has 1 N–H and O–H groups in total. The maximum atomic E-state index is 11.0. The minimum absolute atomic E-state index is 0.134. The summed E-state index contributed by atoms with van der Waals surface area (Å²) in [4.78, 5) is 13.0. The van der Waals surface area contributed by atoms with Gasteiger partial charge >= 0.3 is 0 Å². The molecule has 6 nitrogen and oxygen atoms in total. The largest absolute Gasteiger partial charge is 0.380 e. The summed E-state index contributed by atoms with van der Waals surface area (Å²) in [5.41, 5.74) is 1.82. The van der Waals surface area contributed by atoms with Crippen LogP contribution >= 0.6 is 0 Å². The summed E-state index contributed by atoms with van der Waals surface area (Å²) in [5.74, 6) is 0. The molecule has 0 radical (unpaired) electrons. The highest BCUT2D eigenvalue weighted by atomic mass is 16.6. The molecular formula is C14H21N3O3. The van der Waals surface area contributed by atoms with Gasteiger partial charge in [0.1, 0.15) is 5.69 Å². The zero-order chi connectivity index (χ0) is 14.4. The average molecular weight is 279 g/mol. The predicted octanol–water partition coefficient (Wildman–Crippen LogP) is 2.25. The van der Waals surface area contributed by atoms with Crippen molar-refractivity contribution in [1.29, 1.82) is 0 Å². The van der Waals surface area contributed by atoms with Crippen LogP contribution in [0.25, 0.3) is 0 Å². The lowest BCUT2D eigenvalue weighted by Gasteiger charge is -2.19. The van der Waals surface area contributed by atoms with Crippen molar-refractivity contribution in [2.45, 2.75) is 19.9 Å². The van der Waals surface area contributed by atoms with E-state index >= 15 is 0 Å². The molecular weight excluding hydrogens is 258 g/mol.